The lowest BCUT2D eigenvalue weighted by Crippen LogP contribution is -2.30. The van der Waals surface area contributed by atoms with Gasteiger partial charge in [0.25, 0.3) is 5.91 Å². The predicted molar refractivity (Wildman–Crippen MR) is 72.0 cm³/mol. The molecule has 122 valence electrons. The molecule has 0 aliphatic heterocycles. The van der Waals surface area contributed by atoms with Gasteiger partial charge in [0, 0.05) is 11.5 Å². The molecule has 2 aromatic rings. The zero-order valence-electron chi connectivity index (χ0n) is 12.0. The highest BCUT2D eigenvalue weighted by Gasteiger charge is 2.38. The first-order valence-electron chi connectivity index (χ1n) is 6.79. The Kier molecular flexibility index (Phi) is 3.80. The highest BCUT2D eigenvalue weighted by molar-refractivity contribution is 5.94. The Morgan fingerprint density at radius 1 is 1.30 bits per heavy atom. The van der Waals surface area contributed by atoms with Gasteiger partial charge in [0.2, 0.25) is 5.82 Å². The maximum Gasteiger partial charge on any atom is 0.471 e. The number of amides is 1. The summed E-state index contributed by atoms with van der Waals surface area (Å²) in [6.45, 7) is 0. The molecule has 0 bridgehead atoms. The van der Waals surface area contributed by atoms with E-state index in [1.165, 1.54) is 24.3 Å². The van der Waals surface area contributed by atoms with Gasteiger partial charge in [-0.15, -0.1) is 0 Å². The van der Waals surface area contributed by atoms with Gasteiger partial charge in [-0.2, -0.15) is 23.2 Å². The van der Waals surface area contributed by atoms with Crippen molar-refractivity contribution < 1.29 is 27.3 Å². The van der Waals surface area contributed by atoms with Gasteiger partial charge in [-0.05, 0) is 37.1 Å². The van der Waals surface area contributed by atoms with Crippen molar-refractivity contribution in [1.29, 1.82) is 0 Å². The monoisotopic (exact) mass is 327 g/mol. The lowest BCUT2D eigenvalue weighted by atomic mass is 10.2. The molecule has 1 amide bonds. The van der Waals surface area contributed by atoms with Crippen LogP contribution in [0.15, 0.2) is 28.8 Å². The van der Waals surface area contributed by atoms with Gasteiger partial charge >= 0.3 is 12.1 Å². The molecular formula is C14H12F3N3O3. The Morgan fingerprint density at radius 2 is 1.96 bits per heavy atom. The zero-order valence-corrected chi connectivity index (χ0v) is 12.0. The van der Waals surface area contributed by atoms with Crippen LogP contribution in [0.2, 0.25) is 0 Å². The Labute approximate surface area is 128 Å². The number of hydroxylamine groups is 1. The van der Waals surface area contributed by atoms with Crippen LogP contribution in [-0.2, 0) is 15.8 Å². The van der Waals surface area contributed by atoms with E-state index in [1.807, 2.05) is 0 Å². The van der Waals surface area contributed by atoms with Crippen molar-refractivity contribution >= 4 is 11.6 Å². The van der Waals surface area contributed by atoms with E-state index in [4.69, 9.17) is 4.84 Å². The van der Waals surface area contributed by atoms with Crippen molar-refractivity contribution in [3.63, 3.8) is 0 Å². The Morgan fingerprint density at radius 3 is 2.43 bits per heavy atom. The molecule has 1 saturated carbocycles. The maximum atomic E-state index is 12.4. The first-order valence-corrected chi connectivity index (χ1v) is 6.79. The molecule has 0 radical (unpaired) electrons. The number of carbonyl (C=O) groups excluding carboxylic acids is 1. The second-order valence-electron chi connectivity index (χ2n) is 5.06. The summed E-state index contributed by atoms with van der Waals surface area (Å²) < 4.78 is 41.5. The first-order chi connectivity index (χ1) is 10.9. The Hall–Kier alpha value is -2.42. The average molecular weight is 327 g/mol. The fourth-order valence-corrected chi connectivity index (χ4v) is 2.02. The number of alkyl halides is 3. The van der Waals surface area contributed by atoms with Crippen LogP contribution >= 0.6 is 0 Å². The Bertz CT molecular complexity index is 708. The SMILES string of the molecule is CON(C(=O)C1CC1)c1ccc(-c2noc(C(F)(F)F)n2)cc1. The number of hydrogen-bond acceptors (Lipinski definition) is 5. The first kappa shape index (κ1) is 15.5. The molecule has 23 heavy (non-hydrogen) atoms. The van der Waals surface area contributed by atoms with Crippen LogP contribution < -0.4 is 5.06 Å². The van der Waals surface area contributed by atoms with E-state index >= 15 is 0 Å². The van der Waals surface area contributed by atoms with Crippen molar-refractivity contribution in [2.24, 2.45) is 5.92 Å². The summed E-state index contributed by atoms with van der Waals surface area (Å²) in [5, 5.41) is 4.47. The number of rotatable bonds is 4. The van der Waals surface area contributed by atoms with Crippen LogP contribution in [0.4, 0.5) is 18.9 Å². The summed E-state index contributed by atoms with van der Waals surface area (Å²) in [4.78, 5) is 20.4. The zero-order chi connectivity index (χ0) is 16.6. The third kappa shape index (κ3) is 3.19. The molecule has 1 aromatic heterocycles. The van der Waals surface area contributed by atoms with Crippen molar-refractivity contribution in [1.82, 2.24) is 10.1 Å². The van der Waals surface area contributed by atoms with Crippen molar-refractivity contribution in [3.8, 4) is 11.4 Å². The normalized spacial score (nSPS) is 14.8. The van der Waals surface area contributed by atoms with E-state index in [-0.39, 0.29) is 17.6 Å². The maximum absolute atomic E-state index is 12.4. The van der Waals surface area contributed by atoms with Crippen LogP contribution in [0.25, 0.3) is 11.4 Å². The van der Waals surface area contributed by atoms with Gasteiger partial charge in [0.15, 0.2) is 0 Å². The lowest BCUT2D eigenvalue weighted by molar-refractivity contribution is -0.159. The summed E-state index contributed by atoms with van der Waals surface area (Å²) >= 11 is 0. The molecule has 6 nitrogen and oxygen atoms in total. The molecule has 1 heterocycles. The van der Waals surface area contributed by atoms with E-state index in [0.717, 1.165) is 12.8 Å². The minimum absolute atomic E-state index is 0.0267. The smallest absolute Gasteiger partial charge is 0.329 e. The third-order valence-electron chi connectivity index (χ3n) is 3.34. The Balaban J connectivity index is 1.81. The second-order valence-corrected chi connectivity index (χ2v) is 5.06. The van der Waals surface area contributed by atoms with Gasteiger partial charge < -0.3 is 4.52 Å². The fraction of sp³-hybridized carbons (Fsp3) is 0.357. The van der Waals surface area contributed by atoms with Crippen LogP contribution in [-0.4, -0.2) is 23.2 Å². The van der Waals surface area contributed by atoms with E-state index in [1.54, 1.807) is 12.1 Å². The summed E-state index contributed by atoms with van der Waals surface area (Å²) in [6.07, 6.45) is -3.02. The standard InChI is InChI=1S/C14H12F3N3O3/c1-22-20(12(21)9-2-3-9)10-6-4-8(5-7-10)11-18-13(23-19-11)14(15,16)17/h4-7,9H,2-3H2,1H3. The number of aromatic nitrogens is 2. The molecule has 1 aliphatic carbocycles. The number of hydrogen-bond donors (Lipinski definition) is 0. The second kappa shape index (κ2) is 5.65. The number of anilines is 1. The molecule has 0 saturated heterocycles. The molecule has 1 fully saturated rings. The van der Waals surface area contributed by atoms with Gasteiger partial charge in [0.05, 0.1) is 12.8 Å². The molecule has 0 spiro atoms. The van der Waals surface area contributed by atoms with Gasteiger partial charge in [-0.3, -0.25) is 9.63 Å². The topological polar surface area (TPSA) is 68.5 Å². The molecule has 1 aliphatic rings. The van der Waals surface area contributed by atoms with Gasteiger partial charge in [-0.1, -0.05) is 5.16 Å². The van der Waals surface area contributed by atoms with E-state index in [0.29, 0.717) is 11.3 Å². The predicted octanol–water partition coefficient (Wildman–Crippen LogP) is 3.06. The lowest BCUT2D eigenvalue weighted by Gasteiger charge is -2.19. The number of carbonyl (C=O) groups is 1. The number of nitrogens with zero attached hydrogens (tertiary/aromatic N) is 3. The largest absolute Gasteiger partial charge is 0.471 e. The third-order valence-corrected chi connectivity index (χ3v) is 3.34. The highest BCUT2D eigenvalue weighted by atomic mass is 19.4. The summed E-state index contributed by atoms with van der Waals surface area (Å²) in [5.41, 5.74) is 0.815. The van der Waals surface area contributed by atoms with E-state index < -0.39 is 12.1 Å². The summed E-state index contributed by atoms with van der Waals surface area (Å²) in [5.74, 6) is -1.75. The molecular weight excluding hydrogens is 315 g/mol. The van der Waals surface area contributed by atoms with Crippen molar-refractivity contribution in [2.45, 2.75) is 19.0 Å². The fourth-order valence-electron chi connectivity index (χ4n) is 2.02. The minimum Gasteiger partial charge on any atom is -0.329 e. The molecule has 0 N–H and O–H groups in total. The molecule has 0 unspecified atom stereocenters. The molecule has 1 aromatic carbocycles. The van der Waals surface area contributed by atoms with Crippen molar-refractivity contribution in [2.75, 3.05) is 12.2 Å². The van der Waals surface area contributed by atoms with Crippen LogP contribution in [0.5, 0.6) is 0 Å². The molecule has 0 atom stereocenters. The number of halogens is 3. The quantitative estimate of drug-likeness (QED) is 0.807. The number of benzene rings is 1. The molecule has 3 rings (SSSR count). The van der Waals surface area contributed by atoms with E-state index in [9.17, 15) is 18.0 Å². The minimum atomic E-state index is -4.69. The van der Waals surface area contributed by atoms with E-state index in [2.05, 4.69) is 14.7 Å². The van der Waals surface area contributed by atoms with Gasteiger partial charge in [-0.25, -0.2) is 0 Å². The average Bonchev–Trinajstić information content (AvgIpc) is 3.24. The van der Waals surface area contributed by atoms with Gasteiger partial charge in [0.1, 0.15) is 0 Å². The molecule has 9 heteroatoms. The van der Waals surface area contributed by atoms with Crippen LogP contribution in [0.3, 0.4) is 0 Å². The van der Waals surface area contributed by atoms with Crippen molar-refractivity contribution in [3.05, 3.63) is 30.2 Å². The highest BCUT2D eigenvalue weighted by Crippen LogP contribution is 2.33. The summed E-state index contributed by atoms with van der Waals surface area (Å²) in [6, 6.07) is 6.07. The summed E-state index contributed by atoms with van der Waals surface area (Å²) in [7, 11) is 1.38. The van der Waals surface area contributed by atoms with Crippen LogP contribution in [0.1, 0.15) is 18.7 Å². The van der Waals surface area contributed by atoms with Crippen LogP contribution in [0, 0.1) is 5.92 Å².